The first-order valence-electron chi connectivity index (χ1n) is 32.8. The van der Waals surface area contributed by atoms with Crippen LogP contribution in [-0.2, 0) is 90.1 Å². The maximum atomic E-state index is 12.2. The van der Waals surface area contributed by atoms with Crippen LogP contribution in [-0.4, -0.2) is 88.1 Å². The monoisotopic (exact) mass is 1510 g/mol. The summed E-state index contributed by atoms with van der Waals surface area (Å²) in [6.07, 6.45) is 16.1. The summed E-state index contributed by atoms with van der Waals surface area (Å²) >= 11 is 30.4. The van der Waals surface area contributed by atoms with Crippen molar-refractivity contribution in [3.05, 3.63) is 198 Å². The number of nitro groups is 1. The third-order valence-electron chi connectivity index (χ3n) is 19.3. The molecule has 17 nitrogen and oxygen atoms in total. The van der Waals surface area contributed by atoms with Gasteiger partial charge in [-0.25, -0.2) is 0 Å². The molecule has 1 heterocycles. The number of hydrogen-bond donors (Lipinski definition) is 2. The number of nitrogens with two attached hydrogens (primary N) is 1. The van der Waals surface area contributed by atoms with E-state index in [2.05, 4.69) is 50.1 Å². The topological polar surface area (TPSA) is 239 Å². The number of nitrogens with zero attached hydrogens (tertiary/aromatic N) is 1. The van der Waals surface area contributed by atoms with Gasteiger partial charge in [0.15, 0.2) is 28.8 Å². The number of phenols is 1. The van der Waals surface area contributed by atoms with Crippen LogP contribution < -0.4 is 34.3 Å². The van der Waals surface area contributed by atoms with Gasteiger partial charge in [-0.3, -0.25) is 24.5 Å². The van der Waals surface area contributed by atoms with E-state index in [1.807, 2.05) is 30.3 Å². The summed E-state index contributed by atoms with van der Waals surface area (Å²) in [6, 6.07) is 25.3. The van der Waals surface area contributed by atoms with E-state index in [9.17, 15) is 51.2 Å². The number of halogens is 8. The Bertz CT molecular complexity index is 4390. The lowest BCUT2D eigenvalue weighted by Gasteiger charge is -2.32. The number of alkyl halides is 3. The Morgan fingerprint density at radius 2 is 0.832 bits per heavy atom. The van der Waals surface area contributed by atoms with Crippen molar-refractivity contribution in [3.8, 4) is 34.5 Å². The zero-order chi connectivity index (χ0) is 73.6. The second-order valence-electron chi connectivity index (χ2n) is 25.9. The molecule has 0 unspecified atom stereocenters. The lowest BCUT2D eigenvalue weighted by molar-refractivity contribution is -0.386. The van der Waals surface area contributed by atoms with Crippen molar-refractivity contribution in [2.45, 2.75) is 160 Å². The molecule has 101 heavy (non-hydrogen) atoms. The summed E-state index contributed by atoms with van der Waals surface area (Å²) in [5, 5.41) is 22.7. The van der Waals surface area contributed by atoms with Gasteiger partial charge in [0.05, 0.1) is 70.3 Å². The van der Waals surface area contributed by atoms with Crippen LogP contribution in [0.15, 0.2) is 84.9 Å². The molecule has 0 amide bonds. The van der Waals surface area contributed by atoms with Crippen molar-refractivity contribution in [3.63, 3.8) is 0 Å². The number of carbonyl (C=O) groups is 3. The van der Waals surface area contributed by atoms with Gasteiger partial charge in [0.2, 0.25) is 0 Å². The predicted octanol–water partition coefficient (Wildman–Crippen LogP) is 17.2. The highest BCUT2D eigenvalue weighted by molar-refractivity contribution is 7.88. The summed E-state index contributed by atoms with van der Waals surface area (Å²) in [6.45, 7) is 8.26. The van der Waals surface area contributed by atoms with Crippen molar-refractivity contribution in [2.24, 2.45) is 0 Å². The molecule has 1 fully saturated rings. The number of hydrogen-bond acceptors (Lipinski definition) is 16. The number of nitrogen functional groups attached to an aromatic ring is 1. The second-order valence-corrected chi connectivity index (χ2v) is 29.3. The standard InChI is InChI=1S/C15H20BClO2.C10H8ClF3O3S.C10H9ClO2.C10H11ClO.C10H9NO4.C10H11NO2.C9H9ClO/c1-14(2)15(3,4)19-16(18-14)12-9-8-10-6-5-7-11(10)13(12)17;11-9-7-3-1-2-6(7)4-5-8(9)17-18(15,16)10(12,13)14;1-13-8-5-3-6-2-4-7(12)9(6)10(8)11;1-12-9-6-5-7-3-2-4-8(7)10(9)11;1-15-8-5-3-6-2-4-7(12)9(6)10(8)11(13)14;1-13-8-5-3-6-2-4-7(12)9(6)10(8)11;10-9-7-3-1-2-6(7)4-5-8(9)11/h8-9H,5-7H2,1-4H3;4-5H,1-3H2;3,5H,2,4H2,1H3;5-6H,2-4H2,1H3;3,5H,2,4H2,1H3;3,5H,2,4,11H2,1H3;4-5,11H,1-3H2. The molecule has 0 aromatic heterocycles. The zero-order valence-corrected chi connectivity index (χ0v) is 61.6. The third kappa shape index (κ3) is 17.0. The zero-order valence-electron chi connectivity index (χ0n) is 57.0. The number of aromatic hydroxyl groups is 1. The summed E-state index contributed by atoms with van der Waals surface area (Å²) in [4.78, 5) is 44.6. The highest BCUT2D eigenvalue weighted by atomic mass is 35.5. The fourth-order valence-corrected chi connectivity index (χ4v) is 15.4. The summed E-state index contributed by atoms with van der Waals surface area (Å²) in [5.41, 5.74) is 14.7. The Morgan fingerprint density at radius 1 is 0.475 bits per heavy atom. The fourth-order valence-electron chi connectivity index (χ4n) is 13.2. The van der Waals surface area contributed by atoms with E-state index >= 15 is 0 Å². The SMILES string of the molecule is CC1(C)OB(c2ccc3c(c2Cl)CCC3)OC1(C)C.COc1ccc2c(c1Cl)C(=O)CC2.COc1ccc2c(c1Cl)CCC2.COc1ccc2c(c1N)C(=O)CC2.COc1ccc2c(c1[N+](=O)[O-])C(=O)CC2.O=S(=O)(Oc1ccc2c(c1Cl)CCC2)C(F)(F)F.Oc1ccc2c(c1Cl)CCC2. The molecule has 538 valence electrons. The van der Waals surface area contributed by atoms with E-state index in [1.165, 1.54) is 72.7 Å². The number of phenolic OH excluding ortho intramolecular Hbond substituents is 1. The van der Waals surface area contributed by atoms with Crippen LogP contribution in [0.25, 0.3) is 0 Å². The van der Waals surface area contributed by atoms with Gasteiger partial charge < -0.3 is 43.3 Å². The van der Waals surface area contributed by atoms with Crippen LogP contribution >= 0.6 is 58.0 Å². The Hall–Kier alpha value is -7.28. The van der Waals surface area contributed by atoms with E-state index in [0.29, 0.717) is 76.0 Å². The van der Waals surface area contributed by atoms with Crippen LogP contribution in [0.4, 0.5) is 24.5 Å². The first-order chi connectivity index (χ1) is 47.8. The van der Waals surface area contributed by atoms with E-state index in [0.717, 1.165) is 113 Å². The molecule has 1 aliphatic heterocycles. The Morgan fingerprint density at radius 3 is 1.30 bits per heavy atom. The molecule has 7 aliphatic carbocycles. The van der Waals surface area contributed by atoms with Gasteiger partial charge in [-0.15, -0.1) is 0 Å². The fraction of sp³-hybridized carbons (Fsp3) is 0.392. The molecule has 3 N–H and O–H groups in total. The molecule has 27 heteroatoms. The van der Waals surface area contributed by atoms with E-state index in [1.54, 1.807) is 39.5 Å². The smallest absolute Gasteiger partial charge is 0.506 e. The van der Waals surface area contributed by atoms with Crippen molar-refractivity contribution in [2.75, 3.05) is 34.2 Å². The Kier molecular flexibility index (Phi) is 25.1. The van der Waals surface area contributed by atoms with E-state index in [-0.39, 0.29) is 63.4 Å². The summed E-state index contributed by atoms with van der Waals surface area (Å²) in [7, 11) is 0.0792. The number of rotatable bonds is 8. The molecule has 7 aromatic rings. The van der Waals surface area contributed by atoms with Gasteiger partial charge >= 0.3 is 28.4 Å². The van der Waals surface area contributed by atoms with E-state index in [4.69, 9.17) is 92.0 Å². The van der Waals surface area contributed by atoms with Gasteiger partial charge in [0.1, 0.15) is 28.6 Å². The van der Waals surface area contributed by atoms with Crippen molar-refractivity contribution >= 4 is 109 Å². The van der Waals surface area contributed by atoms with Crippen molar-refractivity contribution in [1.29, 1.82) is 0 Å². The minimum Gasteiger partial charge on any atom is -0.506 e. The maximum Gasteiger partial charge on any atom is 0.534 e. The molecule has 8 aliphatic rings. The molecule has 0 atom stereocenters. The number of benzene rings is 7. The lowest BCUT2D eigenvalue weighted by atomic mass is 9.77. The van der Waals surface area contributed by atoms with Gasteiger partial charge in [-0.05, 0) is 222 Å². The number of carbonyl (C=O) groups excluding carboxylic acids is 3. The molecular weight excluding hydrogens is 1430 g/mol. The van der Waals surface area contributed by atoms with Crippen molar-refractivity contribution < 1.29 is 78.4 Å². The quantitative estimate of drug-likeness (QED) is 0.0359. The van der Waals surface area contributed by atoms with Crippen LogP contribution in [0, 0.1) is 10.1 Å². The number of ether oxygens (including phenoxy) is 4. The third-order valence-corrected chi connectivity index (χ3v) is 22.3. The minimum absolute atomic E-state index is 0.0576. The van der Waals surface area contributed by atoms with Gasteiger partial charge in [0, 0.05) is 40.9 Å². The second kappa shape index (κ2) is 32.6. The highest BCUT2D eigenvalue weighted by Gasteiger charge is 2.53. The lowest BCUT2D eigenvalue weighted by Crippen LogP contribution is -2.41. The first-order valence-corrected chi connectivity index (χ1v) is 36.1. The van der Waals surface area contributed by atoms with Gasteiger partial charge in [-0.1, -0.05) is 107 Å². The van der Waals surface area contributed by atoms with Crippen LogP contribution in [0.1, 0.15) is 165 Å². The number of methoxy groups -OCH3 is 4. The predicted molar refractivity (Wildman–Crippen MR) is 386 cm³/mol. The van der Waals surface area contributed by atoms with E-state index < -0.39 is 26.3 Å². The van der Waals surface area contributed by atoms with Crippen molar-refractivity contribution in [1.82, 2.24) is 0 Å². The van der Waals surface area contributed by atoms with Crippen LogP contribution in [0.3, 0.4) is 0 Å². The molecule has 7 aromatic carbocycles. The minimum atomic E-state index is -5.68. The number of nitro benzene ring substituents is 1. The molecule has 15 rings (SSSR count). The molecule has 0 saturated carbocycles. The molecular formula is C74H77BCl5F3N2O15S. The molecule has 0 radical (unpaired) electrons. The average Bonchev–Trinajstić information content (AvgIpc) is 1.65. The largest absolute Gasteiger partial charge is 0.534 e. The molecule has 0 spiro atoms. The number of fused-ring (bicyclic) bond motifs is 7. The molecule has 1 saturated heterocycles. The Balaban J connectivity index is 0.000000138. The number of ketones is 3. The summed E-state index contributed by atoms with van der Waals surface area (Å²) < 4.78 is 94.5. The summed E-state index contributed by atoms with van der Waals surface area (Å²) in [5.74, 6) is 1.94. The Labute approximate surface area is 610 Å². The van der Waals surface area contributed by atoms with Crippen LogP contribution in [0.2, 0.25) is 25.1 Å². The van der Waals surface area contributed by atoms with Gasteiger partial charge in [-0.2, -0.15) is 21.6 Å². The van der Waals surface area contributed by atoms with Gasteiger partial charge in [0.25, 0.3) is 0 Å². The maximum absolute atomic E-state index is 12.2. The first kappa shape index (κ1) is 77.9. The number of anilines is 1. The normalized spacial score (nSPS) is 16.4. The van der Waals surface area contributed by atoms with Crippen LogP contribution in [0.5, 0.6) is 34.5 Å². The molecule has 0 bridgehead atoms. The average molecular weight is 1510 g/mol. The number of Topliss-reactive ketones (excluding diaryl/α,β-unsaturated/α-hetero) is 3. The highest BCUT2D eigenvalue weighted by Crippen LogP contribution is 2.43. The number of aryl methyl sites for hydroxylation is 7.